The maximum absolute atomic E-state index is 11.6. The zero-order valence-corrected chi connectivity index (χ0v) is 15.9. The lowest BCUT2D eigenvalue weighted by Gasteiger charge is -2.04. The summed E-state index contributed by atoms with van der Waals surface area (Å²) in [6.07, 6.45) is 13.6. The minimum atomic E-state index is -0.364. The van der Waals surface area contributed by atoms with Crippen molar-refractivity contribution >= 4 is 11.9 Å². The molecule has 0 aromatic heterocycles. The highest BCUT2D eigenvalue weighted by molar-refractivity contribution is 5.85. The summed E-state index contributed by atoms with van der Waals surface area (Å²) in [5.41, 5.74) is 0. The molecule has 0 aliphatic heterocycles. The molecule has 0 bridgehead atoms. The van der Waals surface area contributed by atoms with Crippen LogP contribution < -0.4 is 0 Å². The minimum Gasteiger partial charge on any atom is -0.393 e. The van der Waals surface area contributed by atoms with E-state index in [0.29, 0.717) is 12.8 Å². The van der Waals surface area contributed by atoms with Gasteiger partial charge >= 0.3 is 11.9 Å². The zero-order valence-electron chi connectivity index (χ0n) is 15.9. The van der Waals surface area contributed by atoms with Crippen molar-refractivity contribution in [1.29, 1.82) is 0 Å². The van der Waals surface area contributed by atoms with Crippen LogP contribution in [0.4, 0.5) is 0 Å². The quantitative estimate of drug-likeness (QED) is 0.197. The fraction of sp³-hybridized carbons (Fsp3) is 0.900. The van der Waals surface area contributed by atoms with Crippen LogP contribution in [0.15, 0.2) is 0 Å². The summed E-state index contributed by atoms with van der Waals surface area (Å²) in [5, 5.41) is 0. The first-order valence-electron chi connectivity index (χ1n) is 10.0. The number of esters is 2. The highest BCUT2D eigenvalue weighted by atomic mass is 16.6. The van der Waals surface area contributed by atoms with E-state index in [4.69, 9.17) is 9.47 Å². The van der Waals surface area contributed by atoms with E-state index in [2.05, 4.69) is 13.8 Å². The number of hydrogen-bond acceptors (Lipinski definition) is 4. The van der Waals surface area contributed by atoms with Crippen LogP contribution in [-0.2, 0) is 19.1 Å². The Labute approximate surface area is 148 Å². The second kappa shape index (κ2) is 18.4. The van der Waals surface area contributed by atoms with Gasteiger partial charge in [-0.2, -0.15) is 0 Å². The normalized spacial score (nSPS) is 10.8. The van der Waals surface area contributed by atoms with E-state index in [1.165, 1.54) is 19.3 Å². The fourth-order valence-corrected chi connectivity index (χ4v) is 2.45. The van der Waals surface area contributed by atoms with Crippen LogP contribution in [0.3, 0.4) is 0 Å². The predicted molar refractivity (Wildman–Crippen MR) is 97.9 cm³/mol. The summed E-state index contributed by atoms with van der Waals surface area (Å²) < 4.78 is 10.3. The zero-order chi connectivity index (χ0) is 17.9. The predicted octanol–water partition coefficient (Wildman–Crippen LogP) is 5.57. The van der Waals surface area contributed by atoms with Crippen LogP contribution in [0, 0.1) is 0 Å². The number of carbonyl (C=O) groups is 2. The van der Waals surface area contributed by atoms with E-state index in [1.54, 1.807) is 0 Å². The van der Waals surface area contributed by atoms with Gasteiger partial charge in [0, 0.05) is 26.1 Å². The van der Waals surface area contributed by atoms with E-state index in [-0.39, 0.29) is 11.9 Å². The first-order chi connectivity index (χ1) is 11.7. The van der Waals surface area contributed by atoms with Crippen molar-refractivity contribution in [3.63, 3.8) is 0 Å². The van der Waals surface area contributed by atoms with Gasteiger partial charge in [-0.25, -0.2) is 0 Å². The second-order valence-electron chi connectivity index (χ2n) is 6.49. The molecule has 0 unspecified atom stereocenters. The van der Waals surface area contributed by atoms with Crippen molar-refractivity contribution in [1.82, 2.24) is 0 Å². The van der Waals surface area contributed by atoms with E-state index in [1.807, 2.05) is 0 Å². The molecule has 0 amide bonds. The number of rotatable bonds is 17. The SMILES string of the molecule is CCCCCCCC(=O)OC(=O)CCCCCCCOCCCC. The van der Waals surface area contributed by atoms with Crippen molar-refractivity contribution in [3.8, 4) is 0 Å². The van der Waals surface area contributed by atoms with Crippen molar-refractivity contribution < 1.29 is 19.1 Å². The standard InChI is InChI=1S/C20H38O4/c1-3-5-7-9-12-15-19(21)24-20(22)16-13-10-8-11-14-18-23-17-6-4-2/h3-18H2,1-2H3. The van der Waals surface area contributed by atoms with Gasteiger partial charge in [-0.05, 0) is 25.7 Å². The van der Waals surface area contributed by atoms with Crippen molar-refractivity contribution in [2.45, 2.75) is 104 Å². The summed E-state index contributed by atoms with van der Waals surface area (Å²) in [4.78, 5) is 23.1. The molecule has 0 rings (SSSR count). The summed E-state index contributed by atoms with van der Waals surface area (Å²) in [5.74, 6) is -0.725. The van der Waals surface area contributed by atoms with Crippen molar-refractivity contribution in [2.24, 2.45) is 0 Å². The molecule has 0 heterocycles. The molecule has 0 fully saturated rings. The molecule has 0 aromatic carbocycles. The summed E-state index contributed by atoms with van der Waals surface area (Å²) >= 11 is 0. The van der Waals surface area contributed by atoms with Crippen LogP contribution >= 0.6 is 0 Å². The number of hydrogen-bond donors (Lipinski definition) is 0. The summed E-state index contributed by atoms with van der Waals surface area (Å²) in [6, 6.07) is 0. The Morgan fingerprint density at radius 3 is 1.62 bits per heavy atom. The molecule has 0 atom stereocenters. The Morgan fingerprint density at radius 2 is 1.04 bits per heavy atom. The van der Waals surface area contributed by atoms with Crippen molar-refractivity contribution in [2.75, 3.05) is 13.2 Å². The Balaban J connectivity index is 3.32. The van der Waals surface area contributed by atoms with Gasteiger partial charge in [-0.1, -0.05) is 65.2 Å². The lowest BCUT2D eigenvalue weighted by Crippen LogP contribution is -2.11. The first-order valence-corrected chi connectivity index (χ1v) is 10.0. The molecule has 0 saturated heterocycles. The number of ether oxygens (including phenoxy) is 2. The van der Waals surface area contributed by atoms with Crippen LogP contribution in [0.1, 0.15) is 104 Å². The van der Waals surface area contributed by atoms with Gasteiger partial charge in [0.2, 0.25) is 0 Å². The average Bonchev–Trinajstić information content (AvgIpc) is 2.56. The second-order valence-corrected chi connectivity index (χ2v) is 6.49. The van der Waals surface area contributed by atoms with Crippen LogP contribution in [0.2, 0.25) is 0 Å². The highest BCUT2D eigenvalue weighted by Gasteiger charge is 2.09. The van der Waals surface area contributed by atoms with E-state index >= 15 is 0 Å². The maximum Gasteiger partial charge on any atom is 0.313 e. The minimum absolute atomic E-state index is 0.356. The molecular formula is C20H38O4. The largest absolute Gasteiger partial charge is 0.393 e. The lowest BCUT2D eigenvalue weighted by molar-refractivity contribution is -0.159. The van der Waals surface area contributed by atoms with Gasteiger partial charge in [0.1, 0.15) is 0 Å². The van der Waals surface area contributed by atoms with Gasteiger partial charge in [-0.3, -0.25) is 9.59 Å². The van der Waals surface area contributed by atoms with Gasteiger partial charge in [-0.15, -0.1) is 0 Å². The molecule has 4 heteroatoms. The molecule has 0 spiro atoms. The number of carbonyl (C=O) groups excluding carboxylic acids is 2. The molecule has 0 aliphatic rings. The maximum atomic E-state index is 11.6. The lowest BCUT2D eigenvalue weighted by atomic mass is 10.1. The average molecular weight is 343 g/mol. The fourth-order valence-electron chi connectivity index (χ4n) is 2.45. The summed E-state index contributed by atoms with van der Waals surface area (Å²) in [7, 11) is 0. The third-order valence-electron chi connectivity index (χ3n) is 4.02. The molecule has 0 aliphatic carbocycles. The van der Waals surface area contributed by atoms with E-state index in [0.717, 1.165) is 71.0 Å². The van der Waals surface area contributed by atoms with Crippen LogP contribution in [-0.4, -0.2) is 25.2 Å². The van der Waals surface area contributed by atoms with Gasteiger partial charge in [0.15, 0.2) is 0 Å². The van der Waals surface area contributed by atoms with Crippen LogP contribution in [0.5, 0.6) is 0 Å². The molecule has 142 valence electrons. The van der Waals surface area contributed by atoms with E-state index in [9.17, 15) is 9.59 Å². The van der Waals surface area contributed by atoms with Gasteiger partial charge in [0.25, 0.3) is 0 Å². The number of unbranched alkanes of at least 4 members (excludes halogenated alkanes) is 9. The monoisotopic (exact) mass is 342 g/mol. The molecule has 0 aromatic rings. The Hall–Kier alpha value is -0.900. The highest BCUT2D eigenvalue weighted by Crippen LogP contribution is 2.09. The van der Waals surface area contributed by atoms with Crippen molar-refractivity contribution in [3.05, 3.63) is 0 Å². The third-order valence-corrected chi connectivity index (χ3v) is 4.02. The molecule has 24 heavy (non-hydrogen) atoms. The molecule has 0 saturated carbocycles. The molecule has 4 nitrogen and oxygen atoms in total. The molecule has 0 radical (unpaired) electrons. The molecular weight excluding hydrogens is 304 g/mol. The smallest absolute Gasteiger partial charge is 0.313 e. The summed E-state index contributed by atoms with van der Waals surface area (Å²) in [6.45, 7) is 6.04. The Bertz CT molecular complexity index is 302. The van der Waals surface area contributed by atoms with E-state index < -0.39 is 0 Å². The molecule has 0 N–H and O–H groups in total. The topological polar surface area (TPSA) is 52.6 Å². The van der Waals surface area contributed by atoms with Gasteiger partial charge < -0.3 is 9.47 Å². The van der Waals surface area contributed by atoms with Gasteiger partial charge in [0.05, 0.1) is 0 Å². The first kappa shape index (κ1) is 23.1. The van der Waals surface area contributed by atoms with Crippen LogP contribution in [0.25, 0.3) is 0 Å². The Morgan fingerprint density at radius 1 is 0.583 bits per heavy atom. The third kappa shape index (κ3) is 17.5. The Kier molecular flexibility index (Phi) is 17.7.